The van der Waals surface area contributed by atoms with E-state index in [1.54, 1.807) is 12.1 Å². The Morgan fingerprint density at radius 2 is 0.836 bits per heavy atom. The molecule has 624 valence electrons. The van der Waals surface area contributed by atoms with Gasteiger partial charge in [0.25, 0.3) is 0 Å². The molecule has 14 atom stereocenters. The van der Waals surface area contributed by atoms with Crippen LogP contribution >= 0.6 is 46.6 Å². The maximum absolute atomic E-state index is 12.9. The van der Waals surface area contributed by atoms with E-state index in [1.165, 1.54) is 21.8 Å². The van der Waals surface area contributed by atoms with Gasteiger partial charge in [0.2, 0.25) is 49.4 Å². The molecule has 50 nitrogen and oxygen atoms in total. The molecule has 2 aliphatic heterocycles. The van der Waals surface area contributed by atoms with Crippen molar-refractivity contribution in [2.24, 2.45) is 0 Å². The lowest BCUT2D eigenvalue weighted by molar-refractivity contribution is -0.645. The maximum Gasteiger partial charge on any atom is 0.480 e. The molecule has 56 heteroatoms. The molecule has 6 unspecified atom stereocenters. The number of hydrogen-bond donors (Lipinski definition) is 20. The van der Waals surface area contributed by atoms with E-state index in [2.05, 4.69) is 68.9 Å². The van der Waals surface area contributed by atoms with Crippen LogP contribution in [0.3, 0.4) is 0 Å². The number of aromatic nitrogens is 10. The zero-order chi connectivity index (χ0) is 84.0. The highest BCUT2D eigenvalue weighted by Gasteiger charge is 2.51. The number of nitrogens with zero attached hydrogens (tertiary/aromatic N) is 10. The molecule has 10 aromatic rings. The number of aryl methyl sites for hydroxylation is 2. The number of anilines is 6. The van der Waals surface area contributed by atoms with E-state index in [-0.39, 0.29) is 84.8 Å². The molecule has 26 N–H and O–H groups in total. The van der Waals surface area contributed by atoms with Crippen LogP contribution in [0.2, 0.25) is 0 Å². The van der Waals surface area contributed by atoms with Gasteiger partial charge in [-0.25, -0.2) is 57.8 Å². The molecule has 12 rings (SSSR count). The highest BCUT2D eigenvalue weighted by Crippen LogP contribution is 2.62. The van der Waals surface area contributed by atoms with E-state index in [1.807, 2.05) is 77.4 Å². The molecule has 116 heavy (non-hydrogen) atoms. The van der Waals surface area contributed by atoms with Gasteiger partial charge in [-0.2, -0.15) is 27.5 Å². The predicted octanol–water partition coefficient (Wildman–Crippen LogP) is -1.20. The normalized spacial score (nSPS) is 21.3. The van der Waals surface area contributed by atoms with E-state index in [0.29, 0.717) is 48.7 Å². The smallest absolute Gasteiger partial charge is 0.480 e. The third-order valence-electron chi connectivity index (χ3n) is 17.2. The average molecular weight is 1740 g/mol. The Kier molecular flexibility index (Phi) is 27.0. The van der Waals surface area contributed by atoms with Crippen LogP contribution in [-0.4, -0.2) is 179 Å². The number of carbonyl (C=O) groups is 4. The summed E-state index contributed by atoms with van der Waals surface area (Å²) in [6.07, 6.45) is -9.46. The minimum Gasteiger partial charge on any atom is -0.766 e. The van der Waals surface area contributed by atoms with Crippen LogP contribution in [0.4, 0.5) is 44.0 Å². The topological polar surface area (TPSA) is 776 Å². The van der Waals surface area contributed by atoms with E-state index >= 15 is 0 Å². The molecular formula is C60H76N22O28P6. The number of benzene rings is 4. The number of hydrogen-bond acceptors (Lipinski definition) is 34. The number of alkyl carbamates (subject to hydrolysis) is 2. The zero-order valence-corrected chi connectivity index (χ0v) is 65.2. The number of imidazole rings is 2. The molecule has 2 fully saturated rings. The fourth-order valence-electron chi connectivity index (χ4n) is 12.3. The Hall–Kier alpha value is -9.74. The summed E-state index contributed by atoms with van der Waals surface area (Å²) in [5, 5.41) is 36.4. The maximum atomic E-state index is 12.9. The summed E-state index contributed by atoms with van der Waals surface area (Å²) in [6.45, 7) is -1.50. The number of aliphatic hydroxyl groups excluding tert-OH is 2. The first-order valence-electron chi connectivity index (χ1n) is 34.1. The fourth-order valence-corrected chi connectivity index (χ4v) is 19.1. The van der Waals surface area contributed by atoms with Gasteiger partial charge >= 0.3 is 43.3 Å². The molecule has 0 aliphatic carbocycles. The van der Waals surface area contributed by atoms with Gasteiger partial charge in [0.05, 0.1) is 25.9 Å². The quantitative estimate of drug-likeness (QED) is 0.00774. The van der Waals surface area contributed by atoms with E-state index in [4.69, 9.17) is 67.7 Å². The van der Waals surface area contributed by atoms with Gasteiger partial charge in [-0.1, -0.05) is 0 Å². The van der Waals surface area contributed by atoms with Crippen molar-refractivity contribution >= 4 is 171 Å². The van der Waals surface area contributed by atoms with E-state index < -0.39 is 121 Å². The number of nitrogen functional groups attached to an aromatic ring is 6. The second kappa shape index (κ2) is 36.0. The molecule has 0 spiro atoms. The lowest BCUT2D eigenvalue weighted by Crippen LogP contribution is -2.42. The van der Waals surface area contributed by atoms with Crippen LogP contribution in [0.5, 0.6) is 0 Å². The molecule has 0 bridgehead atoms. The van der Waals surface area contributed by atoms with Gasteiger partial charge in [0.15, 0.2) is 47.6 Å². The minimum absolute atomic E-state index is 0.00918. The van der Waals surface area contributed by atoms with Crippen molar-refractivity contribution in [2.75, 3.05) is 73.8 Å². The number of fused-ring (bicyclic) bond motifs is 6. The van der Waals surface area contributed by atoms with Gasteiger partial charge in [-0.15, -0.1) is 0 Å². The van der Waals surface area contributed by atoms with Gasteiger partial charge in [0, 0.05) is 120 Å². The highest BCUT2D eigenvalue weighted by molar-refractivity contribution is 7.71. The molecule has 2 saturated heterocycles. The summed E-state index contributed by atoms with van der Waals surface area (Å²) >= 11 is 0. The van der Waals surface area contributed by atoms with Crippen LogP contribution in [0, 0.1) is 0 Å². The summed E-state index contributed by atoms with van der Waals surface area (Å²) in [5.41, 5.74) is 42.2. The first-order chi connectivity index (χ1) is 54.6. The standard InChI is InChI=1S/2C30H38N11O14P3/c31-18-5-3-16-10-17-4-6-19(32)12-21(17)40(20(16)11-18)9-1-2-23(42)34-7-8-35-30(44)54-26-22(13-52-58(50,51)55-57(48,49)39-56(45,46)47)53-29(25(26)43)41-15-38-24-27(33)36-14-37-28(24)41;31-18-5-3-16-10-17-4-6-19(32)12-21(17)40(20(16)11-18)9-1-2-23(42)34-7-8-35-30(44)54-26-25(43)22(13-52-58(50,51)55-57(48,49)39-56(45,46)47)53-29(26)41-15-38-24-27(33)36-14-37-28(24)41/h2*3-6,10-12,14-15,22,25-26,29,43H,1-2,7-9,13H2,(H12,31,32,33,34,35,36,37,39,42,44,45,46,47,48,49,50,51)/t22-,25+,26-,29-;22-,25-,26+,29-/m11/s1. The Morgan fingerprint density at radius 1 is 0.474 bits per heavy atom. The van der Waals surface area contributed by atoms with Crippen LogP contribution in [0.25, 0.3) is 65.9 Å². The highest BCUT2D eigenvalue weighted by atomic mass is 31.3. The Labute approximate surface area is 651 Å². The second-order valence-electron chi connectivity index (χ2n) is 25.6. The third-order valence-corrected chi connectivity index (χ3v) is 25.6. The van der Waals surface area contributed by atoms with Crippen molar-refractivity contribution in [2.45, 2.75) is 87.9 Å². The molecular weight excluding hydrogens is 1660 g/mol. The van der Waals surface area contributed by atoms with Crippen LogP contribution in [-0.2, 0) is 86.7 Å². The number of phosphoric ester groups is 2. The Bertz CT molecular complexity index is 5570. The average Bonchev–Trinajstić information content (AvgIpc) is 0.821. The second-order valence-corrected chi connectivity index (χ2v) is 35.1. The summed E-state index contributed by atoms with van der Waals surface area (Å²) in [5.74, 6) is -0.658. The lowest BCUT2D eigenvalue weighted by Gasteiger charge is -2.24. The first kappa shape index (κ1) is 87.1. The van der Waals surface area contributed by atoms with Crippen molar-refractivity contribution in [3.05, 3.63) is 110 Å². The van der Waals surface area contributed by atoms with Gasteiger partial charge in [0.1, 0.15) is 61.2 Å². The summed E-state index contributed by atoms with van der Waals surface area (Å²) in [6, 6.07) is 26.4. The van der Waals surface area contributed by atoms with Crippen molar-refractivity contribution in [3.8, 4) is 0 Å². The number of rotatable bonds is 32. The number of aliphatic hydroxyl groups is 2. The number of ether oxygens (including phenoxy) is 4. The van der Waals surface area contributed by atoms with Gasteiger partial charge in [-0.3, -0.25) is 36.9 Å². The van der Waals surface area contributed by atoms with Crippen molar-refractivity contribution in [1.29, 1.82) is 0 Å². The molecule has 2 aliphatic rings. The number of nitrogens with one attached hydrogen (secondary N) is 6. The van der Waals surface area contributed by atoms with E-state index in [9.17, 15) is 86.1 Å². The minimum atomic E-state index is -5.67. The van der Waals surface area contributed by atoms with Crippen molar-refractivity contribution in [1.82, 2.24) is 70.0 Å². The number of amides is 4. The van der Waals surface area contributed by atoms with Crippen molar-refractivity contribution in [3.63, 3.8) is 0 Å². The van der Waals surface area contributed by atoms with E-state index in [0.717, 1.165) is 66.0 Å². The number of pyridine rings is 2. The summed E-state index contributed by atoms with van der Waals surface area (Å²) in [4.78, 5) is 155. The Balaban J connectivity index is 0.000000228. The Morgan fingerprint density at radius 3 is 1.23 bits per heavy atom. The SMILES string of the molecule is Nc1ccc2cc3ccc(N)cc3[n+](CCCC(=O)NCCNC(=O)O[C@H]3[C@H](O)[C@@H](COP(=O)(O)OP(=O)(O)NP(=O)([O-])O)O[C@H]3n3cnc4c(N)ncnc43)c2c1.Nc1ccc2cc3ccc(N)cc3[n+](CCCC(=O)NCCNC(=O)O[C@H]3[C@H](O)[C@H](n4cnc5c(N)ncnc54)O[C@@H]3COP(=O)(O)OP(=O)(O)NP(=O)([O-])O)c2c1. The molecule has 0 saturated carbocycles. The molecule has 6 aromatic heterocycles. The monoisotopic (exact) mass is 1740 g/mol. The van der Waals surface area contributed by atoms with Crippen LogP contribution < -0.4 is 84.3 Å². The third kappa shape index (κ3) is 22.5. The largest absolute Gasteiger partial charge is 0.766 e. The van der Waals surface area contributed by atoms with Crippen molar-refractivity contribution < 1.29 is 142 Å². The first-order valence-corrected chi connectivity index (χ1v) is 43.4. The van der Waals surface area contributed by atoms with Crippen LogP contribution in [0.15, 0.2) is 110 Å². The molecule has 4 aromatic carbocycles. The molecule has 0 radical (unpaired) electrons. The van der Waals surface area contributed by atoms with Gasteiger partial charge in [-0.05, 0) is 60.7 Å². The zero-order valence-electron chi connectivity index (χ0n) is 59.9. The predicted molar refractivity (Wildman–Crippen MR) is 401 cm³/mol. The molecule has 4 amide bonds. The number of carbonyl (C=O) groups excluding carboxylic acids is 4. The van der Waals surface area contributed by atoms with Crippen LogP contribution in [0.1, 0.15) is 38.1 Å². The fraction of sp³-hybridized carbons (Fsp3) is 0.333. The summed E-state index contributed by atoms with van der Waals surface area (Å²) < 4.78 is 117. The summed E-state index contributed by atoms with van der Waals surface area (Å²) in [7, 11) is -33.8. The van der Waals surface area contributed by atoms with Gasteiger partial charge < -0.3 is 124 Å². The lowest BCUT2D eigenvalue weighted by atomic mass is 10.1. The number of phosphoric acid groups is 2. The molecule has 8 heterocycles. The number of nitrogens with two attached hydrogens (primary N) is 6.